The van der Waals surface area contributed by atoms with Crippen LogP contribution in [0.15, 0.2) is 83.3 Å². The van der Waals surface area contributed by atoms with Crippen molar-refractivity contribution in [3.05, 3.63) is 110 Å². The summed E-state index contributed by atoms with van der Waals surface area (Å²) in [5.41, 5.74) is 0.893. The molecule has 0 heterocycles. The van der Waals surface area contributed by atoms with E-state index in [4.69, 9.17) is 4.74 Å². The molecule has 0 aliphatic rings. The molecule has 0 saturated heterocycles. The maximum Gasteiger partial charge on any atom is 0.339 e. The molecule has 0 radical (unpaired) electrons. The number of non-ortho nitro benzene ring substituents is 1. The Bertz CT molecular complexity index is 1000. The van der Waals surface area contributed by atoms with Crippen molar-refractivity contribution in [2.24, 2.45) is 0 Å². The van der Waals surface area contributed by atoms with E-state index in [1.807, 2.05) is 0 Å². The highest BCUT2D eigenvalue weighted by molar-refractivity contribution is 9.10. The lowest BCUT2D eigenvalue weighted by Crippen LogP contribution is -2.20. The average molecular weight is 440 g/mol. The van der Waals surface area contributed by atoms with Crippen LogP contribution >= 0.6 is 15.9 Å². The van der Waals surface area contributed by atoms with Gasteiger partial charge in [-0.3, -0.25) is 14.9 Å². The molecular formula is C21H14BrNO5. The first-order chi connectivity index (χ1) is 13.5. The number of nitro benzene ring substituents is 1. The van der Waals surface area contributed by atoms with Gasteiger partial charge in [0, 0.05) is 27.7 Å². The molecular weight excluding hydrogens is 426 g/mol. The minimum absolute atomic E-state index is 0.117. The van der Waals surface area contributed by atoms with Crippen LogP contribution < -0.4 is 0 Å². The maximum atomic E-state index is 13.0. The smallest absolute Gasteiger partial charge is 0.339 e. The predicted octanol–water partition coefficient (Wildman–Crippen LogP) is 5.14. The molecule has 0 saturated carbocycles. The number of benzene rings is 3. The number of nitrogens with zero attached hydrogens (tertiary/aromatic N) is 1. The summed E-state index contributed by atoms with van der Waals surface area (Å²) in [5.74, 6) is -1.08. The Morgan fingerprint density at radius 2 is 1.46 bits per heavy atom. The number of carbonyl (C=O) groups excluding carboxylic acids is 2. The van der Waals surface area contributed by atoms with Gasteiger partial charge in [0.1, 0.15) is 0 Å². The second-order valence-electron chi connectivity index (χ2n) is 5.87. The number of carbonyl (C=O) groups is 2. The van der Waals surface area contributed by atoms with Crippen molar-refractivity contribution in [3.8, 4) is 0 Å². The Morgan fingerprint density at radius 3 is 2.04 bits per heavy atom. The number of nitro groups is 1. The van der Waals surface area contributed by atoms with Crippen molar-refractivity contribution in [2.75, 3.05) is 0 Å². The van der Waals surface area contributed by atoms with Crippen molar-refractivity contribution >= 4 is 33.4 Å². The van der Waals surface area contributed by atoms with E-state index >= 15 is 0 Å². The van der Waals surface area contributed by atoms with Crippen LogP contribution in [0.4, 0.5) is 5.69 Å². The van der Waals surface area contributed by atoms with E-state index < -0.39 is 22.8 Å². The highest BCUT2D eigenvalue weighted by Crippen LogP contribution is 2.26. The predicted molar refractivity (Wildman–Crippen MR) is 106 cm³/mol. The van der Waals surface area contributed by atoms with E-state index in [1.165, 1.54) is 24.3 Å². The van der Waals surface area contributed by atoms with Gasteiger partial charge >= 0.3 is 5.97 Å². The molecule has 1 atom stereocenters. The number of rotatable bonds is 6. The van der Waals surface area contributed by atoms with Gasteiger partial charge in [0.05, 0.1) is 10.5 Å². The molecule has 0 amide bonds. The highest BCUT2D eigenvalue weighted by atomic mass is 79.9. The Balaban J connectivity index is 1.94. The first-order valence-electron chi connectivity index (χ1n) is 8.26. The van der Waals surface area contributed by atoms with Crippen molar-refractivity contribution in [2.45, 2.75) is 6.10 Å². The van der Waals surface area contributed by atoms with E-state index in [1.54, 1.807) is 54.6 Å². The maximum absolute atomic E-state index is 13.0. The third-order valence-corrected chi connectivity index (χ3v) is 4.54. The number of hydrogen-bond donors (Lipinski definition) is 0. The van der Waals surface area contributed by atoms with Gasteiger partial charge in [0.25, 0.3) is 5.69 Å². The van der Waals surface area contributed by atoms with Gasteiger partial charge in [-0.2, -0.15) is 0 Å². The second-order valence-corrected chi connectivity index (χ2v) is 6.79. The van der Waals surface area contributed by atoms with Gasteiger partial charge in [0.2, 0.25) is 5.78 Å². The van der Waals surface area contributed by atoms with Crippen molar-refractivity contribution in [1.29, 1.82) is 0 Å². The average Bonchev–Trinajstić information content (AvgIpc) is 2.72. The van der Waals surface area contributed by atoms with Crippen LogP contribution in [0.2, 0.25) is 0 Å². The quantitative estimate of drug-likeness (QED) is 0.229. The minimum atomic E-state index is -1.22. The lowest BCUT2D eigenvalue weighted by Gasteiger charge is -2.17. The summed E-state index contributed by atoms with van der Waals surface area (Å²) >= 11 is 3.29. The Kier molecular flexibility index (Phi) is 5.96. The third kappa shape index (κ3) is 4.50. The van der Waals surface area contributed by atoms with Gasteiger partial charge in [-0.1, -0.05) is 46.3 Å². The molecule has 3 aromatic carbocycles. The summed E-state index contributed by atoms with van der Waals surface area (Å²) in [5, 5.41) is 10.9. The molecule has 0 bridgehead atoms. The zero-order valence-corrected chi connectivity index (χ0v) is 16.0. The summed E-state index contributed by atoms with van der Waals surface area (Å²) in [4.78, 5) is 35.9. The molecule has 0 spiro atoms. The monoisotopic (exact) mass is 439 g/mol. The topological polar surface area (TPSA) is 86.5 Å². The van der Waals surface area contributed by atoms with Crippen LogP contribution in [-0.4, -0.2) is 16.7 Å². The van der Waals surface area contributed by atoms with E-state index in [0.717, 1.165) is 4.47 Å². The zero-order valence-electron chi connectivity index (χ0n) is 14.4. The minimum Gasteiger partial charge on any atom is -0.445 e. The van der Waals surface area contributed by atoms with E-state index in [2.05, 4.69) is 15.9 Å². The fraction of sp³-hybridized carbons (Fsp3) is 0.0476. The molecule has 28 heavy (non-hydrogen) atoms. The van der Waals surface area contributed by atoms with Crippen LogP contribution in [0.3, 0.4) is 0 Å². The fourth-order valence-electron chi connectivity index (χ4n) is 2.56. The van der Waals surface area contributed by atoms with Crippen LogP contribution in [0, 0.1) is 10.1 Å². The number of ether oxygens (including phenoxy) is 1. The fourth-order valence-corrected chi connectivity index (χ4v) is 2.82. The van der Waals surface area contributed by atoms with Gasteiger partial charge in [-0.15, -0.1) is 0 Å². The van der Waals surface area contributed by atoms with Gasteiger partial charge in [-0.25, -0.2) is 4.79 Å². The molecule has 0 N–H and O–H groups in total. The summed E-state index contributed by atoms with van der Waals surface area (Å²) in [6, 6.07) is 20.3. The molecule has 0 aliphatic heterocycles. The summed E-state index contributed by atoms with van der Waals surface area (Å²) in [7, 11) is 0. The third-order valence-electron chi connectivity index (χ3n) is 4.01. The highest BCUT2D eigenvalue weighted by Gasteiger charge is 2.27. The zero-order chi connectivity index (χ0) is 20.1. The van der Waals surface area contributed by atoms with Crippen LogP contribution in [0.1, 0.15) is 32.4 Å². The summed E-state index contributed by atoms with van der Waals surface area (Å²) < 4.78 is 6.31. The normalized spacial score (nSPS) is 11.5. The van der Waals surface area contributed by atoms with Crippen LogP contribution in [-0.2, 0) is 4.74 Å². The van der Waals surface area contributed by atoms with E-state index in [-0.39, 0.29) is 11.3 Å². The molecule has 0 unspecified atom stereocenters. The largest absolute Gasteiger partial charge is 0.445 e. The molecule has 7 heteroatoms. The van der Waals surface area contributed by atoms with Gasteiger partial charge in [-0.05, 0) is 36.4 Å². The molecule has 0 fully saturated rings. The lowest BCUT2D eigenvalue weighted by molar-refractivity contribution is -0.384. The summed E-state index contributed by atoms with van der Waals surface area (Å²) in [6.07, 6.45) is -1.22. The van der Waals surface area contributed by atoms with Crippen LogP contribution in [0.5, 0.6) is 0 Å². The van der Waals surface area contributed by atoms with Crippen molar-refractivity contribution in [3.63, 3.8) is 0 Å². The Morgan fingerprint density at radius 1 is 0.857 bits per heavy atom. The second kappa shape index (κ2) is 8.58. The molecule has 3 rings (SSSR count). The number of Topliss-reactive ketones (excluding diaryl/α,β-unsaturated/α-hetero) is 1. The first-order valence-corrected chi connectivity index (χ1v) is 9.05. The molecule has 0 aromatic heterocycles. The van der Waals surface area contributed by atoms with Crippen molar-refractivity contribution in [1.82, 2.24) is 0 Å². The van der Waals surface area contributed by atoms with Crippen molar-refractivity contribution < 1.29 is 19.2 Å². The Labute approximate surface area is 169 Å². The standard InChI is InChI=1S/C21H14BrNO5/c22-17-10-6-16(7-11-17)21(25)28-20(19(24)14-4-2-1-3-5-14)15-8-12-18(13-9-15)23(26)27/h1-13,20H/t20-/m1/s1. The Hall–Kier alpha value is -3.32. The molecule has 6 nitrogen and oxygen atoms in total. The first kappa shape index (κ1) is 19.4. The van der Waals surface area contributed by atoms with Gasteiger partial charge in [0.15, 0.2) is 6.10 Å². The molecule has 3 aromatic rings. The van der Waals surface area contributed by atoms with E-state index in [0.29, 0.717) is 11.1 Å². The van der Waals surface area contributed by atoms with Crippen LogP contribution in [0.25, 0.3) is 0 Å². The lowest BCUT2D eigenvalue weighted by atomic mass is 9.99. The summed E-state index contributed by atoms with van der Waals surface area (Å²) in [6.45, 7) is 0. The van der Waals surface area contributed by atoms with Gasteiger partial charge < -0.3 is 4.74 Å². The molecule has 140 valence electrons. The SMILES string of the molecule is O=C(O[C@@H](C(=O)c1ccccc1)c1ccc([N+](=O)[O-])cc1)c1ccc(Br)cc1. The number of hydrogen-bond acceptors (Lipinski definition) is 5. The number of ketones is 1. The van der Waals surface area contributed by atoms with E-state index in [9.17, 15) is 19.7 Å². The molecule has 0 aliphatic carbocycles. The number of halogens is 1. The number of esters is 1.